The second-order valence-corrected chi connectivity index (χ2v) is 6.87. The molecule has 0 aliphatic heterocycles. The molecule has 0 aromatic heterocycles. The van der Waals surface area contributed by atoms with Crippen LogP contribution in [-0.2, 0) is 12.8 Å². The third-order valence-electron chi connectivity index (χ3n) is 4.68. The van der Waals surface area contributed by atoms with E-state index in [-0.39, 0.29) is 0 Å². The lowest BCUT2D eigenvalue weighted by Gasteiger charge is -2.12. The van der Waals surface area contributed by atoms with Gasteiger partial charge >= 0.3 is 0 Å². The van der Waals surface area contributed by atoms with Crippen LogP contribution in [-0.4, -0.2) is 0 Å². The van der Waals surface area contributed by atoms with E-state index in [0.717, 1.165) is 17.9 Å². The summed E-state index contributed by atoms with van der Waals surface area (Å²) < 4.78 is 0. The van der Waals surface area contributed by atoms with Gasteiger partial charge in [-0.25, -0.2) is 0 Å². The van der Waals surface area contributed by atoms with Gasteiger partial charge in [-0.1, -0.05) is 71.8 Å². The molecule has 0 bridgehead atoms. The van der Waals surface area contributed by atoms with Crippen molar-refractivity contribution in [1.82, 2.24) is 0 Å². The Bertz CT molecular complexity index is 934. The lowest BCUT2D eigenvalue weighted by molar-refractivity contribution is 0.965. The van der Waals surface area contributed by atoms with Crippen LogP contribution in [0.15, 0.2) is 66.7 Å². The van der Waals surface area contributed by atoms with E-state index in [1.54, 1.807) is 0 Å². The predicted molar refractivity (Wildman–Crippen MR) is 103 cm³/mol. The summed E-state index contributed by atoms with van der Waals surface area (Å²) in [5.74, 6) is 0. The van der Waals surface area contributed by atoms with Gasteiger partial charge in [0.2, 0.25) is 0 Å². The Morgan fingerprint density at radius 1 is 0.792 bits per heavy atom. The third-order valence-corrected chi connectivity index (χ3v) is 4.92. The van der Waals surface area contributed by atoms with Crippen LogP contribution in [0.4, 0.5) is 0 Å². The van der Waals surface area contributed by atoms with Gasteiger partial charge in [-0.05, 0) is 71.4 Å². The highest BCUT2D eigenvalue weighted by atomic mass is 35.5. The molecule has 4 rings (SSSR count). The zero-order valence-corrected chi connectivity index (χ0v) is 14.5. The molecule has 0 nitrogen and oxygen atoms in total. The molecule has 0 saturated carbocycles. The first-order chi connectivity index (χ1) is 11.7. The molecule has 1 aliphatic rings. The monoisotopic (exact) mass is 330 g/mol. The summed E-state index contributed by atoms with van der Waals surface area (Å²) in [6.45, 7) is 2.14. The van der Waals surface area contributed by atoms with E-state index < -0.39 is 0 Å². The van der Waals surface area contributed by atoms with Crippen molar-refractivity contribution < 1.29 is 0 Å². The average molecular weight is 331 g/mol. The molecule has 1 heteroatoms. The first kappa shape index (κ1) is 15.2. The summed E-state index contributed by atoms with van der Waals surface area (Å²) in [6, 6.07) is 23.7. The van der Waals surface area contributed by atoms with Crippen molar-refractivity contribution in [3.63, 3.8) is 0 Å². The summed E-state index contributed by atoms with van der Waals surface area (Å²) in [7, 11) is 0. The first-order valence-electron chi connectivity index (χ1n) is 8.36. The van der Waals surface area contributed by atoms with Gasteiger partial charge < -0.3 is 0 Å². The number of hydrogen-bond acceptors (Lipinski definition) is 0. The molecule has 0 heterocycles. The highest BCUT2D eigenvalue weighted by Crippen LogP contribution is 2.36. The molecule has 3 aromatic rings. The molecule has 118 valence electrons. The molecule has 3 aromatic carbocycles. The topological polar surface area (TPSA) is 0 Å². The molecule has 24 heavy (non-hydrogen) atoms. The van der Waals surface area contributed by atoms with Gasteiger partial charge in [0, 0.05) is 5.02 Å². The largest absolute Gasteiger partial charge is 0.0843 e. The molecule has 0 unspecified atom stereocenters. The second kappa shape index (κ2) is 6.30. The van der Waals surface area contributed by atoms with Crippen molar-refractivity contribution in [2.45, 2.75) is 19.8 Å². The molecule has 0 spiro atoms. The van der Waals surface area contributed by atoms with Crippen molar-refractivity contribution >= 4 is 23.3 Å². The fourth-order valence-corrected chi connectivity index (χ4v) is 3.72. The van der Waals surface area contributed by atoms with E-state index >= 15 is 0 Å². The van der Waals surface area contributed by atoms with Crippen LogP contribution in [0.5, 0.6) is 0 Å². The molecule has 0 N–H and O–H groups in total. The van der Waals surface area contributed by atoms with Gasteiger partial charge in [0.05, 0.1) is 0 Å². The van der Waals surface area contributed by atoms with Crippen LogP contribution in [0, 0.1) is 6.92 Å². The van der Waals surface area contributed by atoms with E-state index in [4.69, 9.17) is 11.6 Å². The van der Waals surface area contributed by atoms with Crippen LogP contribution in [0.2, 0.25) is 5.02 Å². The minimum Gasteiger partial charge on any atom is -0.0843 e. The highest BCUT2D eigenvalue weighted by Gasteiger charge is 2.18. The van der Waals surface area contributed by atoms with E-state index in [1.807, 2.05) is 6.07 Å². The minimum atomic E-state index is 0.814. The Labute approximate surface area is 148 Å². The Balaban J connectivity index is 1.97. The summed E-state index contributed by atoms with van der Waals surface area (Å²) in [4.78, 5) is 0. The fraction of sp³-hybridized carbons (Fsp3) is 0.130. The summed E-state index contributed by atoms with van der Waals surface area (Å²) in [5, 5.41) is 0.814. The highest BCUT2D eigenvalue weighted by molar-refractivity contribution is 6.30. The van der Waals surface area contributed by atoms with Gasteiger partial charge in [0.25, 0.3) is 0 Å². The van der Waals surface area contributed by atoms with Crippen molar-refractivity contribution in [2.24, 2.45) is 0 Å². The average Bonchev–Trinajstić information content (AvgIpc) is 2.73. The predicted octanol–water partition coefficient (Wildman–Crippen LogP) is 6.34. The van der Waals surface area contributed by atoms with Gasteiger partial charge in [0.1, 0.15) is 0 Å². The maximum Gasteiger partial charge on any atom is 0.0409 e. The molecule has 0 radical (unpaired) electrons. The van der Waals surface area contributed by atoms with E-state index in [1.165, 1.54) is 39.0 Å². The van der Waals surface area contributed by atoms with Crippen molar-refractivity contribution in [3.8, 4) is 0 Å². The molecular weight excluding hydrogens is 312 g/mol. The van der Waals surface area contributed by atoms with Gasteiger partial charge in [-0.2, -0.15) is 0 Å². The maximum atomic E-state index is 6.25. The van der Waals surface area contributed by atoms with Crippen LogP contribution in [0.1, 0.15) is 33.4 Å². The number of halogens is 1. The van der Waals surface area contributed by atoms with Crippen LogP contribution >= 0.6 is 11.6 Å². The zero-order valence-electron chi connectivity index (χ0n) is 13.7. The van der Waals surface area contributed by atoms with Gasteiger partial charge in [0.15, 0.2) is 0 Å². The van der Waals surface area contributed by atoms with Crippen molar-refractivity contribution in [3.05, 3.63) is 105 Å². The summed E-state index contributed by atoms with van der Waals surface area (Å²) in [5.41, 5.74) is 9.18. The molecule has 0 saturated heterocycles. The number of rotatable bonds is 1. The van der Waals surface area contributed by atoms with E-state index in [9.17, 15) is 0 Å². The Hall–Kier alpha value is -2.31. The van der Waals surface area contributed by atoms with Crippen molar-refractivity contribution in [1.29, 1.82) is 0 Å². The maximum absolute atomic E-state index is 6.25. The SMILES string of the molecule is Cc1cccc(/C=C2\c3ccccc3CCc3cc(Cl)ccc32)c1. The Morgan fingerprint density at radius 3 is 2.46 bits per heavy atom. The zero-order chi connectivity index (χ0) is 16.5. The molecule has 0 amide bonds. The number of hydrogen-bond donors (Lipinski definition) is 0. The fourth-order valence-electron chi connectivity index (χ4n) is 3.53. The summed E-state index contributed by atoms with van der Waals surface area (Å²) in [6.07, 6.45) is 4.39. The smallest absolute Gasteiger partial charge is 0.0409 e. The van der Waals surface area contributed by atoms with E-state index in [0.29, 0.717) is 0 Å². The van der Waals surface area contributed by atoms with Crippen LogP contribution in [0.3, 0.4) is 0 Å². The first-order valence-corrected chi connectivity index (χ1v) is 8.74. The van der Waals surface area contributed by atoms with Crippen LogP contribution < -0.4 is 0 Å². The second-order valence-electron chi connectivity index (χ2n) is 6.43. The van der Waals surface area contributed by atoms with Crippen molar-refractivity contribution in [2.75, 3.05) is 0 Å². The molecular formula is C23H19Cl. The third kappa shape index (κ3) is 2.90. The number of fused-ring (bicyclic) bond motifs is 2. The standard InChI is InChI=1S/C23H19Cl/c1-16-5-4-6-17(13-16)14-23-21-8-3-2-7-18(21)9-10-19-15-20(24)11-12-22(19)23/h2-8,11-15H,9-10H2,1H3/b23-14+. The summed E-state index contributed by atoms with van der Waals surface area (Å²) >= 11 is 6.25. The lowest BCUT2D eigenvalue weighted by Crippen LogP contribution is -1.92. The minimum absolute atomic E-state index is 0.814. The van der Waals surface area contributed by atoms with Crippen LogP contribution in [0.25, 0.3) is 11.6 Å². The quantitative estimate of drug-likeness (QED) is 0.488. The normalized spacial score (nSPS) is 14.8. The number of aryl methyl sites for hydroxylation is 3. The number of benzene rings is 3. The Morgan fingerprint density at radius 2 is 1.58 bits per heavy atom. The Kier molecular flexibility index (Phi) is 4.00. The lowest BCUT2D eigenvalue weighted by atomic mass is 9.92. The van der Waals surface area contributed by atoms with E-state index in [2.05, 4.69) is 73.7 Å². The molecule has 0 atom stereocenters. The van der Waals surface area contributed by atoms with Gasteiger partial charge in [-0.15, -0.1) is 0 Å². The molecule has 1 aliphatic carbocycles. The van der Waals surface area contributed by atoms with Gasteiger partial charge in [-0.3, -0.25) is 0 Å². The molecule has 0 fully saturated rings.